The van der Waals surface area contributed by atoms with E-state index in [4.69, 9.17) is 11.6 Å². The van der Waals surface area contributed by atoms with Crippen LogP contribution in [0.1, 0.15) is 10.4 Å². The highest BCUT2D eigenvalue weighted by atomic mass is 35.5. The highest BCUT2D eigenvalue weighted by molar-refractivity contribution is 8.04. The van der Waals surface area contributed by atoms with Gasteiger partial charge in [-0.1, -0.05) is 41.6 Å². The van der Waals surface area contributed by atoms with Gasteiger partial charge in [-0.15, -0.1) is 11.3 Å². The molecule has 1 aliphatic heterocycles. The lowest BCUT2D eigenvalue weighted by molar-refractivity contribution is -0.136. The van der Waals surface area contributed by atoms with E-state index in [-0.39, 0.29) is 24.2 Å². The summed E-state index contributed by atoms with van der Waals surface area (Å²) in [6.07, 6.45) is 0.467. The molecule has 1 aliphatic rings. The molecule has 0 aliphatic carbocycles. The fourth-order valence-electron chi connectivity index (χ4n) is 3.00. The second-order valence-electron chi connectivity index (χ2n) is 6.38. The summed E-state index contributed by atoms with van der Waals surface area (Å²) < 4.78 is 13.1. The minimum atomic E-state index is -0.314. The number of carbonyl (C=O) groups excluding carboxylic acids is 2. The Hall–Kier alpha value is -2.41. The topological polar surface area (TPSA) is 37.4 Å². The molecule has 4 rings (SSSR count). The average molecular weight is 444 g/mol. The number of rotatable bonds is 6. The fourth-order valence-corrected chi connectivity index (χ4v) is 4.97. The third-order valence-corrected chi connectivity index (χ3v) is 6.69. The molecule has 146 valence electrons. The predicted molar refractivity (Wildman–Crippen MR) is 115 cm³/mol. The number of thiophene rings is 1. The molecule has 2 aromatic carbocycles. The molecule has 7 heteroatoms. The Balaban J connectivity index is 1.60. The van der Waals surface area contributed by atoms with Gasteiger partial charge in [0.2, 0.25) is 0 Å². The maximum atomic E-state index is 13.1. The van der Waals surface area contributed by atoms with Crippen molar-refractivity contribution in [3.8, 4) is 0 Å². The predicted octanol–water partition coefficient (Wildman–Crippen LogP) is 5.66. The van der Waals surface area contributed by atoms with Crippen molar-refractivity contribution < 1.29 is 14.0 Å². The van der Waals surface area contributed by atoms with Gasteiger partial charge in [-0.05, 0) is 59.8 Å². The molecule has 0 saturated carbocycles. The SMILES string of the molecule is O=C1C(Sc2ccc(Cl)cc2)=C(c2cccs2)C(=O)N1CCc1ccc(F)cc1. The number of hydrogen-bond acceptors (Lipinski definition) is 4. The Morgan fingerprint density at radius 2 is 1.69 bits per heavy atom. The number of carbonyl (C=O) groups is 2. The van der Waals surface area contributed by atoms with Crippen molar-refractivity contribution in [3.63, 3.8) is 0 Å². The van der Waals surface area contributed by atoms with E-state index in [1.807, 2.05) is 29.6 Å². The first-order chi connectivity index (χ1) is 14.0. The van der Waals surface area contributed by atoms with E-state index in [1.54, 1.807) is 24.3 Å². The molecule has 2 amide bonds. The van der Waals surface area contributed by atoms with Gasteiger partial charge < -0.3 is 0 Å². The van der Waals surface area contributed by atoms with Crippen LogP contribution in [-0.2, 0) is 16.0 Å². The van der Waals surface area contributed by atoms with E-state index in [9.17, 15) is 14.0 Å². The Bertz CT molecular complexity index is 1080. The van der Waals surface area contributed by atoms with E-state index >= 15 is 0 Å². The molecule has 0 unspecified atom stereocenters. The van der Waals surface area contributed by atoms with Crippen molar-refractivity contribution in [2.24, 2.45) is 0 Å². The van der Waals surface area contributed by atoms with Crippen molar-refractivity contribution >= 4 is 52.1 Å². The van der Waals surface area contributed by atoms with E-state index < -0.39 is 0 Å². The van der Waals surface area contributed by atoms with E-state index in [0.717, 1.165) is 15.3 Å². The summed E-state index contributed by atoms with van der Waals surface area (Å²) >= 11 is 8.65. The Morgan fingerprint density at radius 1 is 0.966 bits per heavy atom. The zero-order valence-corrected chi connectivity index (χ0v) is 17.5. The Labute approximate surface area is 180 Å². The summed E-state index contributed by atoms with van der Waals surface area (Å²) in [5.41, 5.74) is 1.30. The van der Waals surface area contributed by atoms with Gasteiger partial charge >= 0.3 is 0 Å². The average Bonchev–Trinajstić information content (AvgIpc) is 3.31. The monoisotopic (exact) mass is 443 g/mol. The van der Waals surface area contributed by atoms with Crippen LogP contribution in [0.5, 0.6) is 0 Å². The molecular formula is C22H15ClFNO2S2. The van der Waals surface area contributed by atoms with Crippen molar-refractivity contribution in [2.75, 3.05) is 6.54 Å². The third-order valence-electron chi connectivity index (χ3n) is 4.46. The summed E-state index contributed by atoms with van der Waals surface area (Å²) in [5, 5.41) is 2.49. The third kappa shape index (κ3) is 4.29. The summed E-state index contributed by atoms with van der Waals surface area (Å²) in [5.74, 6) is -0.915. The number of benzene rings is 2. The summed E-state index contributed by atoms with van der Waals surface area (Å²) in [4.78, 5) is 29.5. The van der Waals surface area contributed by atoms with Crippen LogP contribution in [0.4, 0.5) is 4.39 Å². The lowest BCUT2D eigenvalue weighted by Crippen LogP contribution is -2.33. The number of thioether (sulfide) groups is 1. The quantitative estimate of drug-likeness (QED) is 0.461. The van der Waals surface area contributed by atoms with Crippen molar-refractivity contribution in [3.05, 3.63) is 92.2 Å². The number of halogens is 2. The molecule has 2 heterocycles. The minimum Gasteiger partial charge on any atom is -0.273 e. The molecule has 0 spiro atoms. The molecule has 1 aromatic heterocycles. The summed E-state index contributed by atoms with van der Waals surface area (Å²) in [7, 11) is 0. The molecule has 0 N–H and O–H groups in total. The van der Waals surface area contributed by atoms with Crippen LogP contribution in [0.15, 0.2) is 75.8 Å². The maximum Gasteiger partial charge on any atom is 0.268 e. The van der Waals surface area contributed by atoms with Gasteiger partial charge in [-0.25, -0.2) is 4.39 Å². The minimum absolute atomic E-state index is 0.239. The van der Waals surface area contributed by atoms with Gasteiger partial charge in [-0.3, -0.25) is 14.5 Å². The molecule has 0 saturated heterocycles. The largest absolute Gasteiger partial charge is 0.273 e. The normalized spacial score (nSPS) is 14.2. The molecule has 0 atom stereocenters. The molecule has 0 fully saturated rings. The Kier molecular flexibility index (Phi) is 5.85. The zero-order chi connectivity index (χ0) is 20.4. The molecular weight excluding hydrogens is 429 g/mol. The van der Waals surface area contributed by atoms with E-state index in [0.29, 0.717) is 21.9 Å². The lowest BCUT2D eigenvalue weighted by atomic mass is 10.1. The van der Waals surface area contributed by atoms with Crippen LogP contribution < -0.4 is 0 Å². The molecule has 0 radical (unpaired) electrons. The van der Waals surface area contributed by atoms with Gasteiger partial charge in [0.05, 0.1) is 10.5 Å². The van der Waals surface area contributed by atoms with Crippen LogP contribution in [0, 0.1) is 5.82 Å². The molecule has 0 bridgehead atoms. The van der Waals surface area contributed by atoms with Crippen LogP contribution in [0.25, 0.3) is 5.57 Å². The fraction of sp³-hybridized carbons (Fsp3) is 0.0909. The first-order valence-corrected chi connectivity index (χ1v) is 10.9. The standard InChI is InChI=1S/C22H15ClFNO2S2/c23-15-5-9-17(10-6-15)29-20-19(18-2-1-13-28-18)21(26)25(22(20)27)12-11-14-3-7-16(24)8-4-14/h1-10,13H,11-12H2. The van der Waals surface area contributed by atoms with E-state index in [1.165, 1.54) is 40.1 Å². The van der Waals surface area contributed by atoms with Gasteiger partial charge in [0, 0.05) is 21.3 Å². The second-order valence-corrected chi connectivity index (χ2v) is 8.84. The van der Waals surface area contributed by atoms with Gasteiger partial charge in [-0.2, -0.15) is 0 Å². The highest BCUT2D eigenvalue weighted by Crippen LogP contribution is 2.41. The number of nitrogens with zero attached hydrogens (tertiary/aromatic N) is 1. The van der Waals surface area contributed by atoms with Gasteiger partial charge in [0.1, 0.15) is 5.82 Å². The number of hydrogen-bond donors (Lipinski definition) is 0. The van der Waals surface area contributed by atoms with E-state index in [2.05, 4.69) is 0 Å². The molecule has 29 heavy (non-hydrogen) atoms. The Morgan fingerprint density at radius 3 is 2.34 bits per heavy atom. The first kappa shape index (κ1) is 19.9. The van der Waals surface area contributed by atoms with Crippen molar-refractivity contribution in [1.29, 1.82) is 0 Å². The molecule has 3 nitrogen and oxygen atoms in total. The van der Waals surface area contributed by atoms with Crippen LogP contribution in [0.2, 0.25) is 5.02 Å². The van der Waals surface area contributed by atoms with Crippen molar-refractivity contribution in [2.45, 2.75) is 11.3 Å². The lowest BCUT2D eigenvalue weighted by Gasteiger charge is -2.15. The van der Waals surface area contributed by atoms with Crippen LogP contribution >= 0.6 is 34.7 Å². The first-order valence-electron chi connectivity index (χ1n) is 8.85. The second kappa shape index (κ2) is 8.53. The van der Waals surface area contributed by atoms with Crippen LogP contribution in [0.3, 0.4) is 0 Å². The maximum absolute atomic E-state index is 13.1. The number of amides is 2. The number of imide groups is 1. The zero-order valence-electron chi connectivity index (χ0n) is 15.1. The van der Waals surface area contributed by atoms with Gasteiger partial charge in [0.15, 0.2) is 0 Å². The smallest absolute Gasteiger partial charge is 0.268 e. The molecule has 3 aromatic rings. The summed E-state index contributed by atoms with van der Waals surface area (Å²) in [6.45, 7) is 0.239. The highest BCUT2D eigenvalue weighted by Gasteiger charge is 2.39. The van der Waals surface area contributed by atoms with Crippen molar-refractivity contribution in [1.82, 2.24) is 4.90 Å². The van der Waals surface area contributed by atoms with Crippen LogP contribution in [-0.4, -0.2) is 23.3 Å². The van der Waals surface area contributed by atoms with Gasteiger partial charge in [0.25, 0.3) is 11.8 Å². The summed E-state index contributed by atoms with van der Waals surface area (Å²) in [6, 6.07) is 16.9.